The molecule has 4 aliphatic rings. The maximum atomic E-state index is 13.9. The smallest absolute Gasteiger partial charge is 0.335 e. The van der Waals surface area contributed by atoms with E-state index in [1.54, 1.807) is 6.92 Å². The van der Waals surface area contributed by atoms with Gasteiger partial charge >= 0.3 is 5.97 Å². The lowest BCUT2D eigenvalue weighted by atomic mass is 9.55. The topological polar surface area (TPSA) is 55.8 Å². The summed E-state index contributed by atoms with van der Waals surface area (Å²) in [5, 5.41) is 9.02. The zero-order valence-electron chi connectivity index (χ0n) is 13.8. The molecule has 0 aliphatic heterocycles. The van der Waals surface area contributed by atoms with E-state index in [4.69, 9.17) is 14.6 Å². The monoisotopic (exact) mass is 334 g/mol. The molecule has 0 radical (unpaired) electrons. The van der Waals surface area contributed by atoms with E-state index in [-0.39, 0.29) is 17.4 Å². The van der Waals surface area contributed by atoms with Gasteiger partial charge in [-0.05, 0) is 80.9 Å². The first-order chi connectivity index (χ1) is 11.5. The summed E-state index contributed by atoms with van der Waals surface area (Å²) in [7, 11) is 0. The Bertz CT molecular complexity index is 616. The van der Waals surface area contributed by atoms with Crippen molar-refractivity contribution in [3.8, 4) is 5.75 Å². The van der Waals surface area contributed by atoms with Crippen LogP contribution in [-0.4, -0.2) is 23.5 Å². The van der Waals surface area contributed by atoms with Crippen LogP contribution in [0.4, 0.5) is 4.39 Å². The van der Waals surface area contributed by atoms with Gasteiger partial charge in [0.25, 0.3) is 0 Å². The van der Waals surface area contributed by atoms with Crippen LogP contribution in [0.1, 0.15) is 49.4 Å². The van der Waals surface area contributed by atoms with Crippen LogP contribution < -0.4 is 4.74 Å². The third-order valence-electron chi connectivity index (χ3n) is 5.96. The van der Waals surface area contributed by atoms with Crippen molar-refractivity contribution < 1.29 is 23.8 Å². The first-order valence-electron chi connectivity index (χ1n) is 8.84. The minimum absolute atomic E-state index is 0.00761. The second-order valence-electron chi connectivity index (χ2n) is 7.67. The fourth-order valence-electron chi connectivity index (χ4n) is 5.25. The van der Waals surface area contributed by atoms with Crippen molar-refractivity contribution in [1.82, 2.24) is 0 Å². The lowest BCUT2D eigenvalue weighted by Gasteiger charge is -2.54. The summed E-state index contributed by atoms with van der Waals surface area (Å²) < 4.78 is 25.6. The van der Waals surface area contributed by atoms with Crippen LogP contribution >= 0.6 is 0 Å². The molecule has 1 N–H and O–H groups in total. The highest BCUT2D eigenvalue weighted by atomic mass is 19.1. The van der Waals surface area contributed by atoms with E-state index in [1.165, 1.54) is 44.2 Å². The highest BCUT2D eigenvalue weighted by Crippen LogP contribution is 2.54. The van der Waals surface area contributed by atoms with Gasteiger partial charge < -0.3 is 14.6 Å². The van der Waals surface area contributed by atoms with Crippen molar-refractivity contribution in [3.63, 3.8) is 0 Å². The van der Waals surface area contributed by atoms with Crippen molar-refractivity contribution in [2.45, 2.75) is 51.4 Å². The van der Waals surface area contributed by atoms with Gasteiger partial charge in [-0.2, -0.15) is 0 Å². The molecule has 0 amide bonds. The second kappa shape index (κ2) is 6.03. The SMILES string of the molecule is CC(Oc1cc(C(=O)O)ccc1F)OC1C2CC3CC(C2)CC1C3. The molecule has 4 aliphatic carbocycles. The number of carboxylic acid groups (broad SMARTS) is 1. The molecule has 1 atom stereocenters. The predicted octanol–water partition coefficient (Wildman–Crippen LogP) is 4.09. The maximum Gasteiger partial charge on any atom is 0.335 e. The summed E-state index contributed by atoms with van der Waals surface area (Å²) in [5.41, 5.74) is 0.00761. The molecule has 0 spiro atoms. The summed E-state index contributed by atoms with van der Waals surface area (Å²) in [6.45, 7) is 1.76. The van der Waals surface area contributed by atoms with Crippen LogP contribution in [0.15, 0.2) is 18.2 Å². The summed E-state index contributed by atoms with van der Waals surface area (Å²) in [6.07, 6.45) is 5.96. The third kappa shape index (κ3) is 2.90. The molecular weight excluding hydrogens is 311 g/mol. The largest absolute Gasteiger partial charge is 0.478 e. The molecule has 4 bridgehead atoms. The van der Waals surface area contributed by atoms with E-state index in [0.717, 1.165) is 17.9 Å². The first kappa shape index (κ1) is 15.9. The molecule has 1 aromatic rings. The Balaban J connectivity index is 1.43. The Kier molecular flexibility index (Phi) is 3.99. The fourth-order valence-corrected chi connectivity index (χ4v) is 5.25. The summed E-state index contributed by atoms with van der Waals surface area (Å²) in [6, 6.07) is 3.57. The number of rotatable bonds is 5. The number of hydrogen-bond acceptors (Lipinski definition) is 3. The Morgan fingerprint density at radius 3 is 2.38 bits per heavy atom. The number of carboxylic acids is 1. The maximum absolute atomic E-state index is 13.9. The number of hydrogen-bond donors (Lipinski definition) is 1. The van der Waals surface area contributed by atoms with Crippen molar-refractivity contribution in [2.24, 2.45) is 23.7 Å². The Morgan fingerprint density at radius 2 is 1.79 bits per heavy atom. The molecule has 5 heteroatoms. The van der Waals surface area contributed by atoms with Gasteiger partial charge in [-0.3, -0.25) is 0 Å². The zero-order valence-corrected chi connectivity index (χ0v) is 13.8. The van der Waals surface area contributed by atoms with Crippen LogP contribution in [0.5, 0.6) is 5.75 Å². The quantitative estimate of drug-likeness (QED) is 0.824. The van der Waals surface area contributed by atoms with Gasteiger partial charge in [-0.25, -0.2) is 9.18 Å². The van der Waals surface area contributed by atoms with Crippen LogP contribution in [0.2, 0.25) is 0 Å². The molecule has 1 unspecified atom stereocenters. The van der Waals surface area contributed by atoms with Crippen molar-refractivity contribution in [3.05, 3.63) is 29.6 Å². The van der Waals surface area contributed by atoms with Crippen molar-refractivity contribution in [1.29, 1.82) is 0 Å². The van der Waals surface area contributed by atoms with E-state index in [9.17, 15) is 9.18 Å². The molecular formula is C19H23FO4. The average Bonchev–Trinajstić information content (AvgIpc) is 2.52. The van der Waals surface area contributed by atoms with Gasteiger partial charge in [0.2, 0.25) is 0 Å². The molecule has 130 valence electrons. The minimum Gasteiger partial charge on any atom is -0.478 e. The highest BCUT2D eigenvalue weighted by molar-refractivity contribution is 5.88. The molecule has 0 aromatic heterocycles. The van der Waals surface area contributed by atoms with Crippen LogP contribution in [0.25, 0.3) is 0 Å². The Hall–Kier alpha value is -1.62. The average molecular weight is 334 g/mol. The van der Waals surface area contributed by atoms with Crippen molar-refractivity contribution >= 4 is 5.97 Å². The normalized spacial score (nSPS) is 35.0. The third-order valence-corrected chi connectivity index (χ3v) is 5.96. The molecule has 0 heterocycles. The number of carbonyl (C=O) groups is 1. The minimum atomic E-state index is -1.10. The number of benzene rings is 1. The number of aromatic carboxylic acids is 1. The molecule has 4 nitrogen and oxygen atoms in total. The van der Waals surface area contributed by atoms with Gasteiger partial charge in [0.05, 0.1) is 11.7 Å². The van der Waals surface area contributed by atoms with Crippen LogP contribution in [-0.2, 0) is 4.74 Å². The van der Waals surface area contributed by atoms with E-state index in [2.05, 4.69) is 0 Å². The summed E-state index contributed by atoms with van der Waals surface area (Å²) in [5.74, 6) is 1.20. The van der Waals surface area contributed by atoms with E-state index >= 15 is 0 Å². The summed E-state index contributed by atoms with van der Waals surface area (Å²) >= 11 is 0. The predicted molar refractivity (Wildman–Crippen MR) is 85.4 cm³/mol. The number of halogens is 1. The van der Waals surface area contributed by atoms with Gasteiger partial charge in [0.15, 0.2) is 17.9 Å². The second-order valence-corrected chi connectivity index (χ2v) is 7.67. The fraction of sp³-hybridized carbons (Fsp3) is 0.632. The van der Waals surface area contributed by atoms with Gasteiger partial charge in [0.1, 0.15) is 0 Å². The Morgan fingerprint density at radius 1 is 1.17 bits per heavy atom. The van der Waals surface area contributed by atoms with Gasteiger partial charge in [-0.15, -0.1) is 0 Å². The standard InChI is InChI=1S/C19H23FO4/c1-10(23-17-9-13(19(21)22)2-3-16(17)20)24-18-14-5-11-4-12(7-14)8-15(18)6-11/h2-3,9-12,14-15,18H,4-8H2,1H3,(H,21,22). The van der Waals surface area contributed by atoms with E-state index in [0.29, 0.717) is 11.8 Å². The van der Waals surface area contributed by atoms with Crippen molar-refractivity contribution in [2.75, 3.05) is 0 Å². The molecule has 5 rings (SSSR count). The van der Waals surface area contributed by atoms with Crippen LogP contribution in [0.3, 0.4) is 0 Å². The summed E-state index contributed by atoms with van der Waals surface area (Å²) in [4.78, 5) is 11.0. The molecule has 4 fully saturated rings. The lowest BCUT2D eigenvalue weighted by Crippen LogP contribution is -2.50. The molecule has 1 aromatic carbocycles. The first-order valence-corrected chi connectivity index (χ1v) is 8.84. The zero-order chi connectivity index (χ0) is 16.8. The molecule has 4 saturated carbocycles. The lowest BCUT2D eigenvalue weighted by molar-refractivity contribution is -0.192. The highest BCUT2D eigenvalue weighted by Gasteiger charge is 2.49. The number of ether oxygens (including phenoxy) is 2. The van der Waals surface area contributed by atoms with E-state index < -0.39 is 18.1 Å². The van der Waals surface area contributed by atoms with E-state index in [1.807, 2.05) is 0 Å². The molecule has 24 heavy (non-hydrogen) atoms. The molecule has 0 saturated heterocycles. The van der Waals surface area contributed by atoms with Gasteiger partial charge in [0, 0.05) is 0 Å². The van der Waals surface area contributed by atoms with Gasteiger partial charge in [-0.1, -0.05) is 0 Å². The van der Waals surface area contributed by atoms with Crippen LogP contribution in [0, 0.1) is 29.5 Å². The Labute approximate surface area is 141 Å².